The van der Waals surface area contributed by atoms with Crippen LogP contribution < -0.4 is 10.1 Å². The fraction of sp³-hybridized carbons (Fsp3) is 0.417. The molecule has 3 rings (SSSR count). The third-order valence-electron chi connectivity index (χ3n) is 5.53. The summed E-state index contributed by atoms with van der Waals surface area (Å²) in [5, 5.41) is 3.08. The van der Waals surface area contributed by atoms with Crippen LogP contribution >= 0.6 is 0 Å². The second kappa shape index (κ2) is 10.8. The van der Waals surface area contributed by atoms with Crippen molar-refractivity contribution in [1.82, 2.24) is 10.2 Å². The predicted octanol–water partition coefficient (Wildman–Crippen LogP) is 3.72. The predicted molar refractivity (Wildman–Crippen MR) is 114 cm³/mol. The molecule has 1 atom stereocenters. The molecule has 0 radical (unpaired) electrons. The molecule has 1 saturated carbocycles. The van der Waals surface area contributed by atoms with Gasteiger partial charge < -0.3 is 15.0 Å². The highest BCUT2D eigenvalue weighted by Gasteiger charge is 2.28. The van der Waals surface area contributed by atoms with Crippen molar-refractivity contribution in [3.05, 3.63) is 66.0 Å². The van der Waals surface area contributed by atoms with Gasteiger partial charge in [0.1, 0.15) is 17.6 Å². The Balaban J connectivity index is 1.64. The minimum atomic E-state index is -0.598. The van der Waals surface area contributed by atoms with Crippen LogP contribution in [0.1, 0.15) is 38.2 Å². The number of ether oxygens (including phenoxy) is 1. The molecule has 30 heavy (non-hydrogen) atoms. The van der Waals surface area contributed by atoms with E-state index in [0.29, 0.717) is 18.7 Å². The number of carbonyl (C=O) groups is 2. The van der Waals surface area contributed by atoms with Crippen molar-refractivity contribution < 1.29 is 18.7 Å². The van der Waals surface area contributed by atoms with E-state index in [4.69, 9.17) is 4.74 Å². The van der Waals surface area contributed by atoms with Gasteiger partial charge in [0.2, 0.25) is 5.91 Å². The number of carbonyl (C=O) groups excluding carboxylic acids is 2. The van der Waals surface area contributed by atoms with Crippen LogP contribution in [0.5, 0.6) is 5.75 Å². The molecule has 1 N–H and O–H groups in total. The first-order chi connectivity index (χ1) is 14.5. The largest absolute Gasteiger partial charge is 0.484 e. The molecule has 1 aliphatic rings. The normalized spacial score (nSPS) is 14.9. The number of halogens is 1. The van der Waals surface area contributed by atoms with Crippen LogP contribution in [0.25, 0.3) is 0 Å². The van der Waals surface area contributed by atoms with Crippen LogP contribution in [-0.2, 0) is 16.0 Å². The van der Waals surface area contributed by atoms with Crippen molar-refractivity contribution in [2.75, 3.05) is 13.2 Å². The average Bonchev–Trinajstić information content (AvgIpc) is 3.27. The molecule has 0 aromatic heterocycles. The van der Waals surface area contributed by atoms with E-state index in [-0.39, 0.29) is 30.3 Å². The molecule has 1 fully saturated rings. The van der Waals surface area contributed by atoms with Crippen molar-refractivity contribution in [2.45, 2.75) is 51.1 Å². The van der Waals surface area contributed by atoms with E-state index in [0.717, 1.165) is 31.2 Å². The van der Waals surface area contributed by atoms with Crippen molar-refractivity contribution in [1.29, 1.82) is 0 Å². The van der Waals surface area contributed by atoms with Crippen LogP contribution in [0.3, 0.4) is 0 Å². The number of amides is 2. The number of nitrogens with one attached hydrogen (secondary N) is 1. The smallest absolute Gasteiger partial charge is 0.261 e. The lowest BCUT2D eigenvalue weighted by atomic mass is 10.1. The van der Waals surface area contributed by atoms with Crippen LogP contribution in [0, 0.1) is 5.82 Å². The van der Waals surface area contributed by atoms with Gasteiger partial charge in [-0.25, -0.2) is 4.39 Å². The topological polar surface area (TPSA) is 58.6 Å². The summed E-state index contributed by atoms with van der Waals surface area (Å²) >= 11 is 0. The zero-order valence-electron chi connectivity index (χ0n) is 17.4. The second-order valence-electron chi connectivity index (χ2n) is 7.73. The van der Waals surface area contributed by atoms with E-state index in [9.17, 15) is 14.0 Å². The number of hydrogen-bond donors (Lipinski definition) is 1. The molecule has 0 aliphatic heterocycles. The summed E-state index contributed by atoms with van der Waals surface area (Å²) in [6.07, 6.45) is 4.88. The van der Waals surface area contributed by atoms with Crippen molar-refractivity contribution >= 4 is 11.8 Å². The molecule has 2 aromatic rings. The van der Waals surface area contributed by atoms with E-state index in [1.807, 2.05) is 30.3 Å². The summed E-state index contributed by atoms with van der Waals surface area (Å²) in [6, 6.07) is 15.0. The van der Waals surface area contributed by atoms with Gasteiger partial charge in [0.05, 0.1) is 0 Å². The van der Waals surface area contributed by atoms with Gasteiger partial charge in [0.15, 0.2) is 6.61 Å². The SMILES string of the molecule is C[C@H](C(=O)NC1CCCC1)N(CCc1ccccc1)C(=O)COc1ccc(F)cc1. The highest BCUT2D eigenvalue weighted by atomic mass is 19.1. The third-order valence-corrected chi connectivity index (χ3v) is 5.53. The van der Waals surface area contributed by atoms with Gasteiger partial charge in [-0.05, 0) is 56.0 Å². The average molecular weight is 413 g/mol. The highest BCUT2D eigenvalue weighted by Crippen LogP contribution is 2.18. The molecule has 0 bridgehead atoms. The number of hydrogen-bond acceptors (Lipinski definition) is 3. The maximum Gasteiger partial charge on any atom is 0.261 e. The minimum absolute atomic E-state index is 0.134. The molecule has 2 aromatic carbocycles. The standard InChI is InChI=1S/C24H29FN2O3/c1-18(24(29)26-21-9-5-6-10-21)27(16-15-19-7-3-2-4-8-19)23(28)17-30-22-13-11-20(25)12-14-22/h2-4,7-8,11-14,18,21H,5-6,9-10,15-17H2,1H3,(H,26,29)/t18-/m1/s1. The maximum absolute atomic E-state index is 13.1. The molecule has 0 spiro atoms. The Labute approximate surface area is 177 Å². The van der Waals surface area contributed by atoms with Gasteiger partial charge in [-0.15, -0.1) is 0 Å². The lowest BCUT2D eigenvalue weighted by Crippen LogP contribution is -2.51. The first-order valence-electron chi connectivity index (χ1n) is 10.5. The van der Waals surface area contributed by atoms with E-state index in [1.54, 1.807) is 11.8 Å². The molecule has 160 valence electrons. The van der Waals surface area contributed by atoms with E-state index in [2.05, 4.69) is 5.32 Å². The van der Waals surface area contributed by atoms with Crippen molar-refractivity contribution in [3.8, 4) is 5.75 Å². The van der Waals surface area contributed by atoms with Crippen LogP contribution in [-0.4, -0.2) is 41.9 Å². The van der Waals surface area contributed by atoms with E-state index in [1.165, 1.54) is 24.3 Å². The zero-order valence-corrected chi connectivity index (χ0v) is 17.4. The van der Waals surface area contributed by atoms with Gasteiger partial charge in [0, 0.05) is 12.6 Å². The van der Waals surface area contributed by atoms with Crippen molar-refractivity contribution in [3.63, 3.8) is 0 Å². The quantitative estimate of drug-likeness (QED) is 0.683. The monoisotopic (exact) mass is 412 g/mol. The fourth-order valence-electron chi connectivity index (χ4n) is 3.72. The summed E-state index contributed by atoms with van der Waals surface area (Å²) in [7, 11) is 0. The van der Waals surface area contributed by atoms with E-state index >= 15 is 0 Å². The Kier molecular flexibility index (Phi) is 7.82. The van der Waals surface area contributed by atoms with Gasteiger partial charge in [0.25, 0.3) is 5.91 Å². The molecular weight excluding hydrogens is 383 g/mol. The Hall–Kier alpha value is -2.89. The number of benzene rings is 2. The first-order valence-corrected chi connectivity index (χ1v) is 10.5. The van der Waals surface area contributed by atoms with Gasteiger partial charge in [-0.2, -0.15) is 0 Å². The van der Waals surface area contributed by atoms with E-state index < -0.39 is 6.04 Å². The summed E-state index contributed by atoms with van der Waals surface area (Å²) < 4.78 is 18.6. The lowest BCUT2D eigenvalue weighted by Gasteiger charge is -2.29. The summed E-state index contributed by atoms with van der Waals surface area (Å²) in [6.45, 7) is 1.96. The zero-order chi connectivity index (χ0) is 21.3. The molecule has 0 unspecified atom stereocenters. The molecule has 0 saturated heterocycles. The molecule has 2 amide bonds. The molecule has 0 heterocycles. The summed E-state index contributed by atoms with van der Waals surface area (Å²) in [5.41, 5.74) is 1.10. The lowest BCUT2D eigenvalue weighted by molar-refractivity contribution is -0.141. The number of rotatable bonds is 9. The van der Waals surface area contributed by atoms with Crippen LogP contribution in [0.4, 0.5) is 4.39 Å². The van der Waals surface area contributed by atoms with Gasteiger partial charge >= 0.3 is 0 Å². The van der Waals surface area contributed by atoms with Crippen LogP contribution in [0.2, 0.25) is 0 Å². The maximum atomic E-state index is 13.1. The molecular formula is C24H29FN2O3. The van der Waals surface area contributed by atoms with Crippen molar-refractivity contribution in [2.24, 2.45) is 0 Å². The first kappa shape index (κ1) is 21.8. The van der Waals surface area contributed by atoms with Gasteiger partial charge in [-0.3, -0.25) is 9.59 Å². The Morgan fingerprint density at radius 2 is 1.77 bits per heavy atom. The second-order valence-corrected chi connectivity index (χ2v) is 7.73. The Bertz CT molecular complexity index is 820. The van der Waals surface area contributed by atoms with Crippen LogP contribution in [0.15, 0.2) is 54.6 Å². The number of nitrogens with zero attached hydrogens (tertiary/aromatic N) is 1. The molecule has 5 nitrogen and oxygen atoms in total. The molecule has 1 aliphatic carbocycles. The highest BCUT2D eigenvalue weighted by molar-refractivity contribution is 5.88. The third kappa shape index (κ3) is 6.31. The summed E-state index contributed by atoms with van der Waals surface area (Å²) in [4.78, 5) is 27.3. The Morgan fingerprint density at radius 1 is 1.10 bits per heavy atom. The Morgan fingerprint density at radius 3 is 2.43 bits per heavy atom. The fourth-order valence-corrected chi connectivity index (χ4v) is 3.72. The van der Waals surface area contributed by atoms with Gasteiger partial charge in [-0.1, -0.05) is 43.2 Å². The summed E-state index contributed by atoms with van der Waals surface area (Å²) in [5.74, 6) is -0.361. The molecule has 6 heteroatoms. The minimum Gasteiger partial charge on any atom is -0.484 e.